The van der Waals surface area contributed by atoms with E-state index in [-0.39, 0.29) is 4.90 Å². The quantitative estimate of drug-likeness (QED) is 0.492. The van der Waals surface area contributed by atoms with Crippen LogP contribution in [0, 0.1) is 20.8 Å². The predicted octanol–water partition coefficient (Wildman–Crippen LogP) is 5.75. The Morgan fingerprint density at radius 2 is 1.48 bits per heavy atom. The zero-order chi connectivity index (χ0) is 22.8. The average Bonchev–Trinajstić information content (AvgIpc) is 2.70. The van der Waals surface area contributed by atoms with Crippen molar-refractivity contribution in [3.8, 4) is 0 Å². The molecule has 0 radical (unpaired) electrons. The number of halogens is 2. The summed E-state index contributed by atoms with van der Waals surface area (Å²) in [5.41, 5.74) is 3.28. The third-order valence-corrected chi connectivity index (χ3v) is 7.04. The molecule has 0 bridgehead atoms. The monoisotopic (exact) mass is 476 g/mol. The standard InChI is InChI=1S/C23H22Cl2N2O3S/c1-15-4-9-20(10-5-15)31(29,30)27(22-11-8-18(24)12-17(22)3)14-23(28)26-21-13-19(25)7-6-16(21)2/h4-13H,14H2,1-3H3,(H,26,28). The van der Waals surface area contributed by atoms with Gasteiger partial charge in [-0.3, -0.25) is 9.10 Å². The van der Waals surface area contributed by atoms with Gasteiger partial charge in [-0.1, -0.05) is 47.0 Å². The molecule has 1 N–H and O–H groups in total. The number of nitrogens with one attached hydrogen (secondary N) is 1. The molecule has 0 aliphatic rings. The number of benzene rings is 3. The van der Waals surface area contributed by atoms with E-state index >= 15 is 0 Å². The molecule has 0 aliphatic heterocycles. The smallest absolute Gasteiger partial charge is 0.264 e. The van der Waals surface area contributed by atoms with E-state index in [1.165, 1.54) is 12.1 Å². The van der Waals surface area contributed by atoms with Gasteiger partial charge in [-0.2, -0.15) is 0 Å². The minimum absolute atomic E-state index is 0.0965. The summed E-state index contributed by atoms with van der Waals surface area (Å²) in [7, 11) is -4.01. The molecule has 8 heteroatoms. The molecule has 1 amide bonds. The fraction of sp³-hybridized carbons (Fsp3) is 0.174. The lowest BCUT2D eigenvalue weighted by Crippen LogP contribution is -2.38. The number of rotatable bonds is 6. The Bertz CT molecular complexity index is 1230. The van der Waals surface area contributed by atoms with Crippen LogP contribution in [0.4, 0.5) is 11.4 Å². The number of aryl methyl sites for hydroxylation is 3. The van der Waals surface area contributed by atoms with Gasteiger partial charge in [0, 0.05) is 15.7 Å². The fourth-order valence-corrected chi connectivity index (χ4v) is 4.97. The van der Waals surface area contributed by atoms with Crippen LogP contribution in [0.2, 0.25) is 10.0 Å². The highest BCUT2D eigenvalue weighted by Crippen LogP contribution is 2.29. The van der Waals surface area contributed by atoms with E-state index < -0.39 is 22.5 Å². The lowest BCUT2D eigenvalue weighted by atomic mass is 10.2. The maximum atomic E-state index is 13.5. The van der Waals surface area contributed by atoms with Crippen molar-refractivity contribution in [2.45, 2.75) is 25.7 Å². The van der Waals surface area contributed by atoms with Crippen LogP contribution in [0.1, 0.15) is 16.7 Å². The molecule has 0 unspecified atom stereocenters. The van der Waals surface area contributed by atoms with E-state index in [4.69, 9.17) is 23.2 Å². The number of carbonyl (C=O) groups excluding carboxylic acids is 1. The van der Waals surface area contributed by atoms with Crippen molar-refractivity contribution in [1.82, 2.24) is 0 Å². The van der Waals surface area contributed by atoms with E-state index in [1.54, 1.807) is 55.5 Å². The van der Waals surface area contributed by atoms with Gasteiger partial charge in [0.1, 0.15) is 6.54 Å². The van der Waals surface area contributed by atoms with E-state index in [9.17, 15) is 13.2 Å². The molecule has 3 aromatic carbocycles. The van der Waals surface area contributed by atoms with Crippen LogP contribution in [-0.4, -0.2) is 20.9 Å². The van der Waals surface area contributed by atoms with Crippen LogP contribution in [0.3, 0.4) is 0 Å². The summed E-state index contributed by atoms with van der Waals surface area (Å²) < 4.78 is 28.1. The Morgan fingerprint density at radius 1 is 0.871 bits per heavy atom. The maximum absolute atomic E-state index is 13.5. The molecule has 0 spiro atoms. The van der Waals surface area contributed by atoms with Crippen molar-refractivity contribution in [2.75, 3.05) is 16.2 Å². The molecule has 0 aliphatic carbocycles. The molecule has 162 valence electrons. The average molecular weight is 477 g/mol. The van der Waals surface area contributed by atoms with Gasteiger partial charge in [-0.05, 0) is 74.4 Å². The minimum atomic E-state index is -4.01. The molecule has 31 heavy (non-hydrogen) atoms. The molecule has 0 heterocycles. The van der Waals surface area contributed by atoms with Gasteiger partial charge in [-0.25, -0.2) is 8.42 Å². The third-order valence-electron chi connectivity index (χ3n) is 4.80. The van der Waals surface area contributed by atoms with Crippen molar-refractivity contribution in [2.24, 2.45) is 0 Å². The van der Waals surface area contributed by atoms with E-state index in [2.05, 4.69) is 5.32 Å². The first-order chi connectivity index (χ1) is 14.6. The van der Waals surface area contributed by atoms with Gasteiger partial charge >= 0.3 is 0 Å². The first-order valence-electron chi connectivity index (χ1n) is 9.49. The topological polar surface area (TPSA) is 66.5 Å². The highest BCUT2D eigenvalue weighted by atomic mass is 35.5. The first-order valence-corrected chi connectivity index (χ1v) is 11.7. The molecule has 5 nitrogen and oxygen atoms in total. The molecule has 0 atom stereocenters. The fourth-order valence-electron chi connectivity index (χ4n) is 3.08. The second-order valence-electron chi connectivity index (χ2n) is 7.26. The van der Waals surface area contributed by atoms with Crippen molar-refractivity contribution >= 4 is 50.5 Å². The van der Waals surface area contributed by atoms with Crippen molar-refractivity contribution in [3.05, 3.63) is 87.4 Å². The second kappa shape index (κ2) is 9.30. The van der Waals surface area contributed by atoms with Crippen LogP contribution < -0.4 is 9.62 Å². The maximum Gasteiger partial charge on any atom is 0.264 e. The Kier molecular flexibility index (Phi) is 6.94. The van der Waals surface area contributed by atoms with E-state index in [0.29, 0.717) is 27.0 Å². The summed E-state index contributed by atoms with van der Waals surface area (Å²) in [6, 6.07) is 16.5. The van der Waals surface area contributed by atoms with E-state index in [0.717, 1.165) is 15.4 Å². The summed E-state index contributed by atoms with van der Waals surface area (Å²) in [6.45, 7) is 5.04. The lowest BCUT2D eigenvalue weighted by Gasteiger charge is -2.26. The van der Waals surface area contributed by atoms with Gasteiger partial charge in [0.15, 0.2) is 0 Å². The molecular formula is C23H22Cl2N2O3S. The lowest BCUT2D eigenvalue weighted by molar-refractivity contribution is -0.114. The number of hydrogen-bond acceptors (Lipinski definition) is 3. The number of carbonyl (C=O) groups is 1. The van der Waals surface area contributed by atoms with Crippen LogP contribution in [-0.2, 0) is 14.8 Å². The summed E-state index contributed by atoms with van der Waals surface area (Å²) >= 11 is 12.1. The Balaban J connectivity index is 2.00. The van der Waals surface area contributed by atoms with Crippen molar-refractivity contribution < 1.29 is 13.2 Å². The van der Waals surface area contributed by atoms with Gasteiger partial charge in [0.05, 0.1) is 10.6 Å². The first kappa shape index (κ1) is 23.1. The Labute approximate surface area is 192 Å². The normalized spacial score (nSPS) is 11.3. The molecule has 3 aromatic rings. The molecular weight excluding hydrogens is 455 g/mol. The zero-order valence-electron chi connectivity index (χ0n) is 17.3. The molecule has 3 rings (SSSR count). The predicted molar refractivity (Wildman–Crippen MR) is 127 cm³/mol. The van der Waals surface area contributed by atoms with Crippen molar-refractivity contribution in [1.29, 1.82) is 0 Å². The molecule has 0 fully saturated rings. The largest absolute Gasteiger partial charge is 0.324 e. The second-order valence-corrected chi connectivity index (χ2v) is 10.00. The van der Waals surface area contributed by atoms with Gasteiger partial charge in [0.2, 0.25) is 5.91 Å². The van der Waals surface area contributed by atoms with Gasteiger partial charge in [-0.15, -0.1) is 0 Å². The number of hydrogen-bond donors (Lipinski definition) is 1. The number of anilines is 2. The zero-order valence-corrected chi connectivity index (χ0v) is 19.6. The van der Waals surface area contributed by atoms with Gasteiger partial charge < -0.3 is 5.32 Å². The SMILES string of the molecule is Cc1ccc(S(=O)(=O)N(CC(=O)Nc2cc(Cl)ccc2C)c2ccc(Cl)cc2C)cc1. The Hall–Kier alpha value is -2.54. The highest BCUT2D eigenvalue weighted by molar-refractivity contribution is 7.92. The highest BCUT2D eigenvalue weighted by Gasteiger charge is 2.28. The van der Waals surface area contributed by atoms with Crippen LogP contribution >= 0.6 is 23.2 Å². The van der Waals surface area contributed by atoms with Gasteiger partial charge in [0.25, 0.3) is 10.0 Å². The molecule has 0 saturated carbocycles. The van der Waals surface area contributed by atoms with Crippen LogP contribution in [0.15, 0.2) is 65.6 Å². The number of sulfonamides is 1. The van der Waals surface area contributed by atoms with E-state index in [1.807, 2.05) is 13.8 Å². The third kappa shape index (κ3) is 5.39. The molecule has 0 aromatic heterocycles. The number of amides is 1. The van der Waals surface area contributed by atoms with Crippen LogP contribution in [0.25, 0.3) is 0 Å². The summed E-state index contributed by atoms with van der Waals surface area (Å²) in [5, 5.41) is 3.71. The van der Waals surface area contributed by atoms with Crippen molar-refractivity contribution in [3.63, 3.8) is 0 Å². The Morgan fingerprint density at radius 3 is 2.13 bits per heavy atom. The van der Waals surface area contributed by atoms with Crippen LogP contribution in [0.5, 0.6) is 0 Å². The summed E-state index contributed by atoms with van der Waals surface area (Å²) in [6.07, 6.45) is 0. The number of nitrogens with zero attached hydrogens (tertiary/aromatic N) is 1. The minimum Gasteiger partial charge on any atom is -0.324 e. The summed E-state index contributed by atoms with van der Waals surface area (Å²) in [5.74, 6) is -0.490. The summed E-state index contributed by atoms with van der Waals surface area (Å²) in [4.78, 5) is 13.0. The molecule has 0 saturated heterocycles.